The van der Waals surface area contributed by atoms with Gasteiger partial charge in [0.25, 0.3) is 0 Å². The molecule has 0 atom stereocenters. The molecule has 3 rings (SSSR count). The summed E-state index contributed by atoms with van der Waals surface area (Å²) in [6.07, 6.45) is 0. The molecule has 10 heteroatoms. The molecule has 0 aliphatic carbocycles. The number of carbonyl (C=O) groups is 1. The SMILES string of the molecule is Cc1nnc(SCC(=O)Nc2ccc(OC(F)F)c(Cl)c2)n1Cc1ccccc1. The maximum atomic E-state index is 12.3. The number of benzene rings is 2. The molecule has 1 amide bonds. The second-order valence-corrected chi connectivity index (χ2v) is 7.31. The van der Waals surface area contributed by atoms with Crippen LogP contribution in [0.1, 0.15) is 11.4 Å². The Labute approximate surface area is 175 Å². The topological polar surface area (TPSA) is 69.0 Å². The number of amides is 1. The van der Waals surface area contributed by atoms with E-state index < -0.39 is 6.61 Å². The third-order valence-corrected chi connectivity index (χ3v) is 5.11. The van der Waals surface area contributed by atoms with Gasteiger partial charge in [-0.1, -0.05) is 53.7 Å². The minimum Gasteiger partial charge on any atom is -0.433 e. The van der Waals surface area contributed by atoms with Crippen LogP contribution >= 0.6 is 23.4 Å². The van der Waals surface area contributed by atoms with E-state index in [1.54, 1.807) is 0 Å². The quantitative estimate of drug-likeness (QED) is 0.520. The fourth-order valence-corrected chi connectivity index (χ4v) is 3.52. The molecule has 1 heterocycles. The van der Waals surface area contributed by atoms with Crippen molar-refractivity contribution in [1.82, 2.24) is 14.8 Å². The first kappa shape index (κ1) is 21.1. The van der Waals surface area contributed by atoms with Crippen LogP contribution in [0.3, 0.4) is 0 Å². The number of ether oxygens (including phenoxy) is 1. The van der Waals surface area contributed by atoms with Crippen molar-refractivity contribution in [3.63, 3.8) is 0 Å². The van der Waals surface area contributed by atoms with Gasteiger partial charge in [0.1, 0.15) is 11.6 Å². The molecule has 3 aromatic rings. The standard InChI is InChI=1S/C19H17ClF2N4O2S/c1-12-24-25-19(26(12)10-13-5-3-2-4-6-13)29-11-17(27)23-14-7-8-16(15(20)9-14)28-18(21)22/h2-9,18H,10-11H2,1H3,(H,23,27). The lowest BCUT2D eigenvalue weighted by atomic mass is 10.2. The van der Waals surface area contributed by atoms with Crippen LogP contribution in [-0.4, -0.2) is 33.0 Å². The van der Waals surface area contributed by atoms with E-state index in [2.05, 4.69) is 20.3 Å². The fraction of sp³-hybridized carbons (Fsp3) is 0.211. The Morgan fingerprint density at radius 3 is 2.69 bits per heavy atom. The van der Waals surface area contributed by atoms with Gasteiger partial charge in [0.15, 0.2) is 5.16 Å². The number of nitrogens with zero attached hydrogens (tertiary/aromatic N) is 3. The van der Waals surface area contributed by atoms with E-state index in [9.17, 15) is 13.6 Å². The van der Waals surface area contributed by atoms with Crippen molar-refractivity contribution in [1.29, 1.82) is 0 Å². The average molecular weight is 439 g/mol. The smallest absolute Gasteiger partial charge is 0.387 e. The summed E-state index contributed by atoms with van der Waals surface area (Å²) < 4.78 is 30.8. The first-order chi connectivity index (χ1) is 13.9. The lowest BCUT2D eigenvalue weighted by molar-refractivity contribution is -0.113. The maximum absolute atomic E-state index is 12.3. The Bertz CT molecular complexity index is 986. The van der Waals surface area contributed by atoms with Crippen molar-refractivity contribution in [3.05, 3.63) is 64.9 Å². The summed E-state index contributed by atoms with van der Waals surface area (Å²) in [5.74, 6) is 0.400. The summed E-state index contributed by atoms with van der Waals surface area (Å²) in [7, 11) is 0. The zero-order valence-corrected chi connectivity index (χ0v) is 16.9. The molecule has 0 radical (unpaired) electrons. The van der Waals surface area contributed by atoms with Gasteiger partial charge in [-0.05, 0) is 30.7 Å². The normalized spacial score (nSPS) is 10.9. The summed E-state index contributed by atoms with van der Waals surface area (Å²) in [4.78, 5) is 12.3. The van der Waals surface area contributed by atoms with Gasteiger partial charge in [0, 0.05) is 5.69 Å². The zero-order valence-electron chi connectivity index (χ0n) is 15.3. The summed E-state index contributed by atoms with van der Waals surface area (Å²) in [5, 5.41) is 11.5. The van der Waals surface area contributed by atoms with E-state index in [1.807, 2.05) is 41.8 Å². The molecule has 0 aliphatic heterocycles. The summed E-state index contributed by atoms with van der Waals surface area (Å²) in [6, 6.07) is 13.9. The van der Waals surface area contributed by atoms with Gasteiger partial charge >= 0.3 is 6.61 Å². The second-order valence-electron chi connectivity index (χ2n) is 5.96. The number of rotatable bonds is 8. The fourth-order valence-electron chi connectivity index (χ4n) is 2.51. The second kappa shape index (κ2) is 9.71. The lowest BCUT2D eigenvalue weighted by Crippen LogP contribution is -2.15. The highest BCUT2D eigenvalue weighted by molar-refractivity contribution is 7.99. The van der Waals surface area contributed by atoms with Crippen LogP contribution in [0.4, 0.5) is 14.5 Å². The number of aryl methyl sites for hydroxylation is 1. The van der Waals surface area contributed by atoms with E-state index in [-0.39, 0.29) is 22.4 Å². The third-order valence-electron chi connectivity index (χ3n) is 3.85. The van der Waals surface area contributed by atoms with Gasteiger partial charge in [-0.25, -0.2) is 0 Å². The van der Waals surface area contributed by atoms with Crippen molar-refractivity contribution in [2.75, 3.05) is 11.1 Å². The molecule has 0 saturated heterocycles. The Morgan fingerprint density at radius 2 is 2.00 bits per heavy atom. The number of hydrogen-bond acceptors (Lipinski definition) is 5. The average Bonchev–Trinajstić information content (AvgIpc) is 3.02. The van der Waals surface area contributed by atoms with Gasteiger partial charge in [0.05, 0.1) is 17.3 Å². The van der Waals surface area contributed by atoms with Crippen LogP contribution in [0.15, 0.2) is 53.7 Å². The number of anilines is 1. The van der Waals surface area contributed by atoms with E-state index in [4.69, 9.17) is 11.6 Å². The predicted molar refractivity (Wildman–Crippen MR) is 108 cm³/mol. The molecule has 0 spiro atoms. The van der Waals surface area contributed by atoms with Crippen molar-refractivity contribution in [3.8, 4) is 5.75 Å². The minimum atomic E-state index is -2.97. The van der Waals surface area contributed by atoms with Crippen LogP contribution in [0, 0.1) is 6.92 Å². The molecular weight excluding hydrogens is 422 g/mol. The number of thioether (sulfide) groups is 1. The number of nitrogens with one attached hydrogen (secondary N) is 1. The van der Waals surface area contributed by atoms with Crippen molar-refractivity contribution >= 4 is 35.0 Å². The third kappa shape index (κ3) is 5.91. The van der Waals surface area contributed by atoms with Crippen molar-refractivity contribution in [2.45, 2.75) is 25.2 Å². The van der Waals surface area contributed by atoms with E-state index in [1.165, 1.54) is 30.0 Å². The van der Waals surface area contributed by atoms with Crippen LogP contribution in [0.5, 0.6) is 5.75 Å². The molecule has 0 fully saturated rings. The molecule has 0 saturated carbocycles. The van der Waals surface area contributed by atoms with Crippen LogP contribution < -0.4 is 10.1 Å². The number of halogens is 3. The Morgan fingerprint density at radius 1 is 1.24 bits per heavy atom. The number of hydrogen-bond donors (Lipinski definition) is 1. The minimum absolute atomic E-state index is 0.0195. The predicted octanol–water partition coefficient (Wildman–Crippen LogP) is 4.62. The Hall–Kier alpha value is -2.65. The van der Waals surface area contributed by atoms with Crippen LogP contribution in [-0.2, 0) is 11.3 Å². The van der Waals surface area contributed by atoms with E-state index >= 15 is 0 Å². The monoisotopic (exact) mass is 438 g/mol. The molecule has 29 heavy (non-hydrogen) atoms. The molecule has 0 unspecified atom stereocenters. The highest BCUT2D eigenvalue weighted by atomic mass is 35.5. The molecule has 0 bridgehead atoms. The van der Waals surface area contributed by atoms with E-state index in [0.29, 0.717) is 17.4 Å². The zero-order chi connectivity index (χ0) is 20.8. The van der Waals surface area contributed by atoms with Crippen molar-refractivity contribution < 1.29 is 18.3 Å². The molecular formula is C19H17ClF2N4O2S. The molecule has 152 valence electrons. The number of alkyl halides is 2. The maximum Gasteiger partial charge on any atom is 0.387 e. The van der Waals surface area contributed by atoms with Crippen LogP contribution in [0.25, 0.3) is 0 Å². The lowest BCUT2D eigenvalue weighted by Gasteiger charge is -2.10. The number of aromatic nitrogens is 3. The molecule has 2 aromatic carbocycles. The van der Waals surface area contributed by atoms with Crippen LogP contribution in [0.2, 0.25) is 5.02 Å². The summed E-state index contributed by atoms with van der Waals surface area (Å²) >= 11 is 7.14. The van der Waals surface area contributed by atoms with Crippen molar-refractivity contribution in [2.24, 2.45) is 0 Å². The van der Waals surface area contributed by atoms with E-state index in [0.717, 1.165) is 11.4 Å². The largest absolute Gasteiger partial charge is 0.433 e. The summed E-state index contributed by atoms with van der Waals surface area (Å²) in [6.45, 7) is -0.517. The molecule has 1 N–H and O–H groups in total. The Balaban J connectivity index is 1.59. The molecule has 0 aliphatic rings. The Kier molecular flexibility index (Phi) is 7.05. The first-order valence-electron chi connectivity index (χ1n) is 8.53. The first-order valence-corrected chi connectivity index (χ1v) is 9.89. The summed E-state index contributed by atoms with van der Waals surface area (Å²) in [5.41, 5.74) is 1.48. The molecule has 1 aromatic heterocycles. The highest BCUT2D eigenvalue weighted by Crippen LogP contribution is 2.29. The molecule has 6 nitrogen and oxygen atoms in total. The van der Waals surface area contributed by atoms with Gasteiger partial charge in [-0.3, -0.25) is 4.79 Å². The van der Waals surface area contributed by atoms with Gasteiger partial charge < -0.3 is 14.6 Å². The number of carbonyl (C=O) groups excluding carboxylic acids is 1. The highest BCUT2D eigenvalue weighted by Gasteiger charge is 2.14. The van der Waals surface area contributed by atoms with Gasteiger partial charge in [-0.2, -0.15) is 8.78 Å². The van der Waals surface area contributed by atoms with Gasteiger partial charge in [-0.15, -0.1) is 10.2 Å². The van der Waals surface area contributed by atoms with Gasteiger partial charge in [0.2, 0.25) is 5.91 Å².